The molecule has 12 atom stereocenters. The molecule has 29 heteroatoms. The Morgan fingerprint density at radius 1 is 0.672 bits per heavy atom. The Bertz CT molecular complexity index is 1560. The molecule has 0 aromatic heterocycles. The van der Waals surface area contributed by atoms with Crippen LogP contribution in [0.4, 0.5) is 9.59 Å². The van der Waals surface area contributed by atoms with Crippen LogP contribution in [0.2, 0.25) is 0 Å². The molecule has 2 rings (SSSR count). The molecule has 2 aliphatic rings. The van der Waals surface area contributed by atoms with Gasteiger partial charge in [0.05, 0.1) is 51.7 Å². The number of hydrogen-bond donors (Lipinski definition) is 13. The van der Waals surface area contributed by atoms with Gasteiger partial charge in [-0.1, -0.05) is 0 Å². The van der Waals surface area contributed by atoms with Crippen molar-refractivity contribution in [3.8, 4) is 0 Å². The van der Waals surface area contributed by atoms with Gasteiger partial charge in [0, 0.05) is 26.9 Å². The lowest BCUT2D eigenvalue weighted by molar-refractivity contribution is -0.270. The molecule has 0 aromatic rings. The van der Waals surface area contributed by atoms with Gasteiger partial charge in [0.2, 0.25) is 23.6 Å². The molecule has 2 saturated heterocycles. The molecule has 64 heavy (non-hydrogen) atoms. The highest BCUT2D eigenvalue weighted by Crippen LogP contribution is 2.47. The van der Waals surface area contributed by atoms with Crippen molar-refractivity contribution in [2.75, 3.05) is 65.8 Å². The fourth-order valence-electron chi connectivity index (χ4n) is 5.73. The van der Waals surface area contributed by atoms with Crippen molar-refractivity contribution in [3.05, 3.63) is 0 Å². The second-order valence-corrected chi connectivity index (χ2v) is 16.7. The van der Waals surface area contributed by atoms with Gasteiger partial charge in [-0.3, -0.25) is 28.2 Å². The van der Waals surface area contributed by atoms with E-state index in [9.17, 15) is 68.9 Å². The number of phosphoric acid groups is 1. The Labute approximate surface area is 367 Å². The molecular weight excluding hydrogens is 887 g/mol. The van der Waals surface area contributed by atoms with Crippen LogP contribution in [-0.2, 0) is 61.2 Å². The number of rotatable bonds is 25. The summed E-state index contributed by atoms with van der Waals surface area (Å²) in [5, 5.41) is 73.9. The number of aliphatic hydroxyl groups excluding tert-OH is 6. The number of alkyl carbamates (subject to hydrolysis) is 2. The van der Waals surface area contributed by atoms with Gasteiger partial charge in [-0.25, -0.2) is 14.2 Å². The molecule has 2 heterocycles. The van der Waals surface area contributed by atoms with Crippen LogP contribution in [0.15, 0.2) is 0 Å². The third kappa shape index (κ3) is 21.0. The Kier molecular flexibility index (Phi) is 24.2. The van der Waals surface area contributed by atoms with Gasteiger partial charge in [0.25, 0.3) is 0 Å². The van der Waals surface area contributed by atoms with Crippen LogP contribution in [0, 0.1) is 0 Å². The molecule has 1 unspecified atom stereocenters. The largest absolute Gasteiger partial charge is 0.472 e. The zero-order valence-electron chi connectivity index (χ0n) is 36.0. The van der Waals surface area contributed by atoms with Crippen LogP contribution in [0.5, 0.6) is 0 Å². The Hall–Kier alpha value is -3.87. The van der Waals surface area contributed by atoms with E-state index in [4.69, 9.17) is 37.5 Å². The first kappa shape index (κ1) is 56.3. The summed E-state index contributed by atoms with van der Waals surface area (Å²) in [6.45, 7) is 2.59. The lowest BCUT2D eigenvalue weighted by Gasteiger charge is -2.42. The lowest BCUT2D eigenvalue weighted by atomic mass is 9.97. The molecule has 0 aliphatic carbocycles. The number of ether oxygens (including phenoxy) is 6. The third-order valence-electron chi connectivity index (χ3n) is 8.63. The Morgan fingerprint density at radius 3 is 1.52 bits per heavy atom. The molecule has 0 spiro atoms. The average Bonchev–Trinajstić information content (AvgIpc) is 3.20. The second kappa shape index (κ2) is 27.6. The molecule has 0 radical (unpaired) electrons. The standard InChI is InChI=1S/C35H63N6O22P/c1-18(44)40-25-29(50)27(48)21(14-42)61-31(25)56-10-6-8-36-23(46)12-38-33(52)58-16-20(17-59-64(54,55)63-35(3,4)5)60-34(53)39-13-24(47)37-9-7-11-57-32-26(41-19(2)45)30(51)28(49)22(15-43)62-32/h20-22,25-32,42-43,48-51H,6-17H2,1-5H3,(H,36,46)(H,37,47)(H,38,52)(H,39,53)(H,40,44)(H,41,45)(H,54,55)/t20-,21+,22+,25+,26+,27-,28-,29+,30+,31+,32+/m0/s1. The van der Waals surface area contributed by atoms with E-state index in [1.165, 1.54) is 34.6 Å². The summed E-state index contributed by atoms with van der Waals surface area (Å²) in [6, 6.07) is -2.31. The van der Waals surface area contributed by atoms with Crippen molar-refractivity contribution in [3.63, 3.8) is 0 Å². The fourth-order valence-corrected chi connectivity index (χ4v) is 6.83. The van der Waals surface area contributed by atoms with E-state index in [0.717, 1.165) is 0 Å². The summed E-state index contributed by atoms with van der Waals surface area (Å²) in [5.74, 6) is -2.44. The molecular formula is C35H63N6O22P. The topological polar surface area (TPSA) is 407 Å². The van der Waals surface area contributed by atoms with Crippen LogP contribution < -0.4 is 31.9 Å². The molecule has 28 nitrogen and oxygen atoms in total. The highest BCUT2D eigenvalue weighted by atomic mass is 31.2. The summed E-state index contributed by atoms with van der Waals surface area (Å²) in [7, 11) is -4.73. The minimum absolute atomic E-state index is 0.00905. The maximum Gasteiger partial charge on any atom is 0.472 e. The van der Waals surface area contributed by atoms with Crippen LogP contribution >= 0.6 is 7.82 Å². The third-order valence-corrected chi connectivity index (χ3v) is 9.88. The molecule has 2 fully saturated rings. The van der Waals surface area contributed by atoms with E-state index in [2.05, 4.69) is 31.9 Å². The number of aliphatic hydroxyl groups is 6. The summed E-state index contributed by atoms with van der Waals surface area (Å²) in [6.07, 6.45) is -14.4. The van der Waals surface area contributed by atoms with E-state index in [-0.39, 0.29) is 39.1 Å². The van der Waals surface area contributed by atoms with Gasteiger partial charge in [-0.2, -0.15) is 0 Å². The second-order valence-electron chi connectivity index (χ2n) is 15.3. The van der Waals surface area contributed by atoms with Crippen LogP contribution in [0.1, 0.15) is 47.5 Å². The Morgan fingerprint density at radius 2 is 1.11 bits per heavy atom. The maximum absolute atomic E-state index is 12.6. The highest BCUT2D eigenvalue weighted by Gasteiger charge is 2.46. The number of amides is 6. The first-order chi connectivity index (χ1) is 30.0. The van der Waals surface area contributed by atoms with Gasteiger partial charge in [0.1, 0.15) is 55.3 Å². The summed E-state index contributed by atoms with van der Waals surface area (Å²) >= 11 is 0. The van der Waals surface area contributed by atoms with Crippen molar-refractivity contribution in [2.24, 2.45) is 0 Å². The minimum Gasteiger partial charge on any atom is -0.446 e. The van der Waals surface area contributed by atoms with E-state index >= 15 is 0 Å². The number of carbonyl (C=O) groups is 6. The van der Waals surface area contributed by atoms with E-state index in [1.54, 1.807) is 0 Å². The van der Waals surface area contributed by atoms with Crippen molar-refractivity contribution in [1.29, 1.82) is 0 Å². The molecule has 6 amide bonds. The van der Waals surface area contributed by atoms with Crippen molar-refractivity contribution in [2.45, 2.75) is 120 Å². The molecule has 2 aliphatic heterocycles. The number of carbonyl (C=O) groups excluding carboxylic acids is 6. The van der Waals surface area contributed by atoms with E-state index in [1.807, 2.05) is 0 Å². The molecule has 0 saturated carbocycles. The number of hydrogen-bond acceptors (Lipinski definition) is 21. The zero-order valence-corrected chi connectivity index (χ0v) is 36.9. The fraction of sp³-hybridized carbons (Fsp3) is 0.829. The summed E-state index contributed by atoms with van der Waals surface area (Å²) < 4.78 is 54.5. The number of phosphoric ester groups is 1. The normalized spacial score (nSPS) is 27.2. The minimum atomic E-state index is -4.73. The molecule has 370 valence electrons. The predicted octanol–water partition coefficient (Wildman–Crippen LogP) is -5.33. The van der Waals surface area contributed by atoms with Gasteiger partial charge < -0.3 is 95.9 Å². The molecule has 13 N–H and O–H groups in total. The monoisotopic (exact) mass is 950 g/mol. The predicted molar refractivity (Wildman–Crippen MR) is 212 cm³/mol. The maximum atomic E-state index is 12.6. The molecule has 0 aromatic carbocycles. The van der Waals surface area contributed by atoms with Crippen molar-refractivity contribution in [1.82, 2.24) is 31.9 Å². The highest BCUT2D eigenvalue weighted by molar-refractivity contribution is 7.47. The van der Waals surface area contributed by atoms with E-state index < -0.39 is 156 Å². The Balaban J connectivity index is 1.80. The first-order valence-corrected chi connectivity index (χ1v) is 21.5. The summed E-state index contributed by atoms with van der Waals surface area (Å²) in [4.78, 5) is 82.8. The lowest BCUT2D eigenvalue weighted by Crippen LogP contribution is -2.64. The van der Waals surface area contributed by atoms with Crippen LogP contribution in [0.25, 0.3) is 0 Å². The molecule has 0 bridgehead atoms. The van der Waals surface area contributed by atoms with Crippen LogP contribution in [0.3, 0.4) is 0 Å². The van der Waals surface area contributed by atoms with Crippen molar-refractivity contribution >= 4 is 43.6 Å². The zero-order chi connectivity index (χ0) is 48.2. The van der Waals surface area contributed by atoms with E-state index in [0.29, 0.717) is 0 Å². The van der Waals surface area contributed by atoms with Crippen molar-refractivity contribution < 1.29 is 106 Å². The van der Waals surface area contributed by atoms with Crippen LogP contribution in [-0.4, -0.2) is 210 Å². The SMILES string of the molecule is CC(=O)N[C@H]1[C@H](OCCCNC(=O)CNC(=O)OC[C@@H](COP(=O)(O)OC(C)(C)C)OC(=O)NCC(=O)NCCCO[C@@H]2O[C@H](CO)[C@H](O)[C@H](O)[C@H]2NC(C)=O)O[C@H](CO)[C@H](O)[C@@H]1O. The summed E-state index contributed by atoms with van der Waals surface area (Å²) in [5.41, 5.74) is -1.13. The number of nitrogens with one attached hydrogen (secondary N) is 6. The van der Waals surface area contributed by atoms with Gasteiger partial charge in [-0.15, -0.1) is 0 Å². The van der Waals surface area contributed by atoms with Gasteiger partial charge in [-0.05, 0) is 33.6 Å². The van der Waals surface area contributed by atoms with Gasteiger partial charge >= 0.3 is 20.0 Å². The first-order valence-electron chi connectivity index (χ1n) is 20.1. The van der Waals surface area contributed by atoms with Gasteiger partial charge in [0.15, 0.2) is 18.7 Å². The smallest absolute Gasteiger partial charge is 0.446 e. The quantitative estimate of drug-likeness (QED) is 0.0300. The average molecular weight is 951 g/mol.